The van der Waals surface area contributed by atoms with E-state index in [1.807, 2.05) is 0 Å². The van der Waals surface area contributed by atoms with Gasteiger partial charge in [-0.05, 0) is 53.8 Å². The minimum atomic E-state index is -0.213. The number of ether oxygens (including phenoxy) is 1. The second-order valence-electron chi connectivity index (χ2n) is 7.15. The maximum atomic E-state index is 9.84. The minimum Gasteiger partial charge on any atom is -0.393 e. The molecule has 3 heteroatoms. The van der Waals surface area contributed by atoms with E-state index in [-0.39, 0.29) is 24.4 Å². The summed E-state index contributed by atoms with van der Waals surface area (Å²) in [4.78, 5) is 0. The highest BCUT2D eigenvalue weighted by Gasteiger charge is 2.96. The summed E-state index contributed by atoms with van der Waals surface area (Å²) in [5.41, 5.74) is -0.426. The van der Waals surface area contributed by atoms with Crippen LogP contribution in [0.5, 0.6) is 0 Å². The van der Waals surface area contributed by atoms with Crippen LogP contribution in [-0.2, 0) is 4.74 Å². The van der Waals surface area contributed by atoms with E-state index in [1.54, 1.807) is 0 Å². The second-order valence-corrected chi connectivity index (χ2v) is 7.15. The van der Waals surface area contributed by atoms with Crippen molar-refractivity contribution in [1.82, 2.24) is 0 Å². The van der Waals surface area contributed by atoms with E-state index >= 15 is 0 Å². The Kier molecular flexibility index (Phi) is 0.909. The van der Waals surface area contributed by atoms with Crippen molar-refractivity contribution >= 4 is 0 Å². The molecule has 16 heavy (non-hydrogen) atoms. The van der Waals surface area contributed by atoms with Crippen LogP contribution in [0, 0.1) is 47.3 Å². The van der Waals surface area contributed by atoms with Gasteiger partial charge in [0.05, 0.1) is 24.4 Å². The van der Waals surface area contributed by atoms with Gasteiger partial charge in [0.2, 0.25) is 0 Å². The van der Waals surface area contributed by atoms with Crippen molar-refractivity contribution in [2.45, 2.75) is 17.6 Å². The largest absolute Gasteiger partial charge is 0.393 e. The molecule has 0 spiro atoms. The number of hydrogen-bond acceptors (Lipinski definition) is 3. The van der Waals surface area contributed by atoms with E-state index in [4.69, 9.17) is 4.74 Å². The Hall–Kier alpha value is -0.120. The Morgan fingerprint density at radius 2 is 1.38 bits per heavy atom. The predicted molar refractivity (Wildman–Crippen MR) is 53.3 cm³/mol. The van der Waals surface area contributed by atoms with E-state index in [1.165, 1.54) is 6.42 Å². The molecule has 0 radical (unpaired) electrons. The van der Waals surface area contributed by atoms with Crippen LogP contribution < -0.4 is 0 Å². The molecule has 5 saturated carbocycles. The molecule has 3 nitrogen and oxygen atoms in total. The quantitative estimate of drug-likeness (QED) is 0.681. The van der Waals surface area contributed by atoms with Gasteiger partial charge in [-0.3, -0.25) is 0 Å². The number of rotatable bonds is 2. The van der Waals surface area contributed by atoms with Crippen LogP contribution in [-0.4, -0.2) is 34.6 Å². The zero-order valence-electron chi connectivity index (χ0n) is 9.04. The maximum absolute atomic E-state index is 9.84. The van der Waals surface area contributed by atoms with Crippen LogP contribution in [0.4, 0.5) is 0 Å². The summed E-state index contributed by atoms with van der Waals surface area (Å²) in [5, 5.41) is 19.7. The summed E-state index contributed by atoms with van der Waals surface area (Å²) in [6.45, 7) is 0.396. The first-order valence-corrected chi connectivity index (χ1v) is 6.72. The molecule has 86 valence electrons. The third-order valence-corrected chi connectivity index (χ3v) is 7.63. The van der Waals surface area contributed by atoms with Crippen LogP contribution >= 0.6 is 0 Å². The van der Waals surface area contributed by atoms with E-state index in [9.17, 15) is 10.2 Å². The molecule has 2 N–H and O–H groups in total. The molecule has 7 fully saturated rings. The summed E-state index contributed by atoms with van der Waals surface area (Å²) in [6.07, 6.45) is 1.38. The lowest BCUT2D eigenvalue weighted by Gasteiger charge is -2.47. The monoisotopic (exact) mass is 220 g/mol. The van der Waals surface area contributed by atoms with Gasteiger partial charge in [0.25, 0.3) is 0 Å². The van der Waals surface area contributed by atoms with Crippen LogP contribution in [0.25, 0.3) is 0 Å². The molecular weight excluding hydrogens is 204 g/mol. The first-order valence-electron chi connectivity index (χ1n) is 6.72. The van der Waals surface area contributed by atoms with Gasteiger partial charge >= 0.3 is 0 Å². The molecule has 4 bridgehead atoms. The summed E-state index contributed by atoms with van der Waals surface area (Å²) >= 11 is 0. The molecule has 0 aromatic carbocycles. The Bertz CT molecular complexity index is 395. The van der Waals surface area contributed by atoms with E-state index in [2.05, 4.69) is 0 Å². The third kappa shape index (κ3) is 0.400. The van der Waals surface area contributed by atoms with E-state index < -0.39 is 0 Å². The summed E-state index contributed by atoms with van der Waals surface area (Å²) in [5.74, 6) is 5.80. The average molecular weight is 220 g/mol. The van der Waals surface area contributed by atoms with Crippen molar-refractivity contribution in [3.63, 3.8) is 0 Å². The van der Waals surface area contributed by atoms with Crippen LogP contribution in [0.15, 0.2) is 0 Å². The second kappa shape index (κ2) is 1.80. The molecular formula is C13H16O3. The smallest absolute Gasteiger partial charge is 0.0990 e. The van der Waals surface area contributed by atoms with Gasteiger partial charge in [-0.15, -0.1) is 0 Å². The van der Waals surface area contributed by atoms with Gasteiger partial charge in [0.15, 0.2) is 0 Å². The fourth-order valence-corrected chi connectivity index (χ4v) is 8.00. The molecule has 7 aliphatic rings. The molecule has 0 aromatic rings. The highest BCUT2D eigenvalue weighted by Crippen LogP contribution is 2.92. The van der Waals surface area contributed by atoms with Crippen LogP contribution in [0.2, 0.25) is 0 Å². The van der Waals surface area contributed by atoms with Crippen molar-refractivity contribution < 1.29 is 14.9 Å². The summed E-state index contributed by atoms with van der Waals surface area (Å²) in [7, 11) is 0. The van der Waals surface area contributed by atoms with Gasteiger partial charge in [-0.25, -0.2) is 0 Å². The summed E-state index contributed by atoms with van der Waals surface area (Å²) in [6, 6.07) is 0. The van der Waals surface area contributed by atoms with Crippen molar-refractivity contribution in [3.05, 3.63) is 0 Å². The molecule has 0 unspecified atom stereocenters. The minimum absolute atomic E-state index is 0.198. The Balaban J connectivity index is 1.72. The third-order valence-electron chi connectivity index (χ3n) is 7.63. The molecule has 0 aromatic heterocycles. The van der Waals surface area contributed by atoms with Crippen molar-refractivity contribution in [2.75, 3.05) is 13.2 Å². The fraction of sp³-hybridized carbons (Fsp3) is 1.00. The highest BCUT2D eigenvalue weighted by molar-refractivity contribution is 5.43. The van der Waals surface area contributed by atoms with Gasteiger partial charge in [0.1, 0.15) is 0 Å². The van der Waals surface area contributed by atoms with Gasteiger partial charge < -0.3 is 14.9 Å². The lowest BCUT2D eigenvalue weighted by molar-refractivity contribution is -0.113. The van der Waals surface area contributed by atoms with Gasteiger partial charge in [-0.1, -0.05) is 0 Å². The van der Waals surface area contributed by atoms with E-state index in [0.29, 0.717) is 23.7 Å². The Morgan fingerprint density at radius 1 is 0.875 bits per heavy atom. The maximum Gasteiger partial charge on any atom is 0.0990 e. The van der Waals surface area contributed by atoms with Crippen molar-refractivity contribution in [2.24, 2.45) is 47.3 Å². The van der Waals surface area contributed by atoms with Gasteiger partial charge in [-0.2, -0.15) is 0 Å². The topological polar surface area (TPSA) is 49.7 Å². The van der Waals surface area contributed by atoms with Crippen LogP contribution in [0.3, 0.4) is 0 Å². The normalized spacial score (nSPS) is 82.9. The SMILES string of the molecule is OC[C@]12O[C@@]3(CO)[C@@H]4[C@@H]5C[C@@H]([C@@H]6[C@H]5[C@H]3[C@@H]61)[C@@H]42. The zero-order chi connectivity index (χ0) is 10.4. The zero-order valence-corrected chi connectivity index (χ0v) is 9.04. The average Bonchev–Trinajstić information content (AvgIpc) is 2.86. The first kappa shape index (κ1) is 8.06. The van der Waals surface area contributed by atoms with E-state index in [0.717, 1.165) is 23.7 Å². The standard InChI is InChI=1S/C13H16O3/c14-2-12-8-4-1-5-7-6(4)10(12)11(7)13(3-15,16-12)9(5)8/h4-11,14-15H,1-3H2/t4-,5+,6+,7-,8-,9+,10+,11-,12+,13-. The molecule has 5 aliphatic carbocycles. The predicted octanol–water partition coefficient (Wildman–Crippen LogP) is -0.134. The molecule has 2 saturated heterocycles. The fourth-order valence-electron chi connectivity index (χ4n) is 8.00. The molecule has 2 aliphatic heterocycles. The molecule has 7 rings (SSSR count). The molecule has 10 atom stereocenters. The van der Waals surface area contributed by atoms with Crippen molar-refractivity contribution in [1.29, 1.82) is 0 Å². The lowest BCUT2D eigenvalue weighted by atomic mass is 9.55. The van der Waals surface area contributed by atoms with Gasteiger partial charge in [0, 0.05) is 0 Å². The molecule has 0 amide bonds. The Morgan fingerprint density at radius 3 is 1.81 bits per heavy atom. The number of hydrogen-bond donors (Lipinski definition) is 2. The lowest BCUT2D eigenvalue weighted by Crippen LogP contribution is -2.53. The summed E-state index contributed by atoms with van der Waals surface area (Å²) < 4.78 is 6.34. The van der Waals surface area contributed by atoms with Crippen molar-refractivity contribution in [3.8, 4) is 0 Å². The first-order chi connectivity index (χ1) is 7.80. The molecule has 2 heterocycles. The highest BCUT2D eigenvalue weighted by atomic mass is 16.6. The number of aliphatic hydroxyl groups is 2. The van der Waals surface area contributed by atoms with Crippen LogP contribution in [0.1, 0.15) is 6.42 Å². The Labute approximate surface area is 93.8 Å². The number of aliphatic hydroxyl groups excluding tert-OH is 2.